The Morgan fingerprint density at radius 1 is 1.08 bits per heavy atom. The summed E-state index contributed by atoms with van der Waals surface area (Å²) in [6.07, 6.45) is 10.3. The van der Waals surface area contributed by atoms with E-state index >= 15 is 0 Å². The normalized spacial score (nSPS) is 22.5. The number of hydrogen-bond acceptors (Lipinski definition) is 4. The Bertz CT molecular complexity index is 1320. The highest BCUT2D eigenvalue weighted by Crippen LogP contribution is 2.46. The molecular formula is C30H35N3O3. The largest absolute Gasteiger partial charge is 0.497 e. The van der Waals surface area contributed by atoms with Gasteiger partial charge in [-0.2, -0.15) is 0 Å². The van der Waals surface area contributed by atoms with Gasteiger partial charge in [0.1, 0.15) is 11.4 Å². The molecule has 6 heteroatoms. The van der Waals surface area contributed by atoms with Gasteiger partial charge in [-0.3, -0.25) is 4.79 Å². The highest BCUT2D eigenvalue weighted by molar-refractivity contribution is 6.02. The lowest BCUT2D eigenvalue weighted by Gasteiger charge is -2.35. The number of pyridine rings is 1. The van der Waals surface area contributed by atoms with Crippen molar-refractivity contribution in [2.24, 2.45) is 0 Å². The van der Waals surface area contributed by atoms with E-state index in [1.165, 1.54) is 48.7 Å². The van der Waals surface area contributed by atoms with Gasteiger partial charge in [0, 0.05) is 35.8 Å². The average molecular weight is 486 g/mol. The Morgan fingerprint density at radius 3 is 2.61 bits per heavy atom. The number of benzene rings is 1. The van der Waals surface area contributed by atoms with E-state index in [9.17, 15) is 4.79 Å². The monoisotopic (exact) mass is 485 g/mol. The molecule has 1 amide bonds. The summed E-state index contributed by atoms with van der Waals surface area (Å²) in [6, 6.07) is 10.5. The van der Waals surface area contributed by atoms with Crippen LogP contribution in [0.5, 0.6) is 5.75 Å². The first-order chi connectivity index (χ1) is 17.5. The number of rotatable bonds is 3. The van der Waals surface area contributed by atoms with Crippen LogP contribution in [0.15, 0.2) is 42.1 Å². The fourth-order valence-electron chi connectivity index (χ4n) is 6.53. The molecule has 1 saturated heterocycles. The molecule has 2 atom stereocenters. The standard InChI is InChI=1S/C30H35N3O3/c1-19-16-32(17-20(2)36-19)30(34)23-14-22-15-24(35-3)11-12-25(22)28-27(21-8-5-4-6-9-21)26-10-7-13-31-29(26)33(28)18-23/h7,10-15,19-21H,4-6,8-9,16-18H2,1-3H3. The molecule has 188 valence electrons. The minimum absolute atomic E-state index is 0.0269. The Labute approximate surface area is 212 Å². The van der Waals surface area contributed by atoms with Gasteiger partial charge >= 0.3 is 0 Å². The molecule has 1 aromatic carbocycles. The van der Waals surface area contributed by atoms with Crippen molar-refractivity contribution >= 4 is 23.0 Å². The molecular weight excluding hydrogens is 450 g/mol. The van der Waals surface area contributed by atoms with Crippen LogP contribution in [-0.2, 0) is 16.1 Å². The van der Waals surface area contributed by atoms with Crippen LogP contribution >= 0.6 is 0 Å². The first kappa shape index (κ1) is 23.3. The summed E-state index contributed by atoms with van der Waals surface area (Å²) in [6.45, 7) is 5.79. The van der Waals surface area contributed by atoms with Gasteiger partial charge < -0.3 is 18.9 Å². The molecule has 6 nitrogen and oxygen atoms in total. The van der Waals surface area contributed by atoms with Gasteiger partial charge in [-0.15, -0.1) is 0 Å². The molecule has 2 unspecified atom stereocenters. The molecule has 0 N–H and O–H groups in total. The van der Waals surface area contributed by atoms with Crippen LogP contribution < -0.4 is 4.74 Å². The Kier molecular flexibility index (Phi) is 6.08. The zero-order valence-corrected chi connectivity index (χ0v) is 21.5. The van der Waals surface area contributed by atoms with Gasteiger partial charge in [0.25, 0.3) is 5.91 Å². The molecule has 2 aromatic heterocycles. The average Bonchev–Trinajstić information content (AvgIpc) is 3.11. The Balaban J connectivity index is 1.54. The zero-order valence-electron chi connectivity index (χ0n) is 21.5. The number of ether oxygens (including phenoxy) is 2. The van der Waals surface area contributed by atoms with Crippen LogP contribution in [0.3, 0.4) is 0 Å². The number of amides is 1. The van der Waals surface area contributed by atoms with E-state index in [2.05, 4.69) is 28.8 Å². The number of methoxy groups -OCH3 is 1. The SMILES string of the molecule is COc1ccc2c(c1)C=C(C(=O)N1CC(C)OC(C)C1)Cn1c-2c(C2CCCCC2)c2cccnc21. The van der Waals surface area contributed by atoms with Crippen molar-refractivity contribution in [1.29, 1.82) is 0 Å². The van der Waals surface area contributed by atoms with Crippen LogP contribution in [0.4, 0.5) is 0 Å². The molecule has 4 heterocycles. The zero-order chi connectivity index (χ0) is 24.8. The second-order valence-corrected chi connectivity index (χ2v) is 10.6. The molecule has 3 aliphatic rings. The minimum atomic E-state index is 0.0269. The van der Waals surface area contributed by atoms with E-state index in [0.29, 0.717) is 25.6 Å². The van der Waals surface area contributed by atoms with Crippen LogP contribution in [0.2, 0.25) is 0 Å². The molecule has 1 aliphatic carbocycles. The van der Waals surface area contributed by atoms with Crippen LogP contribution in [0, 0.1) is 0 Å². The maximum absolute atomic E-state index is 14.0. The van der Waals surface area contributed by atoms with E-state index < -0.39 is 0 Å². The molecule has 2 aliphatic heterocycles. The molecule has 1 saturated carbocycles. The molecule has 3 aromatic rings. The van der Waals surface area contributed by atoms with Gasteiger partial charge in [-0.05, 0) is 80.1 Å². The molecule has 6 rings (SSSR count). The molecule has 0 radical (unpaired) electrons. The maximum Gasteiger partial charge on any atom is 0.251 e. The van der Waals surface area contributed by atoms with Gasteiger partial charge in [0.15, 0.2) is 0 Å². The summed E-state index contributed by atoms with van der Waals surface area (Å²) in [5.74, 6) is 1.39. The van der Waals surface area contributed by atoms with Crippen molar-refractivity contribution in [1.82, 2.24) is 14.5 Å². The van der Waals surface area contributed by atoms with Gasteiger partial charge in [-0.1, -0.05) is 19.3 Å². The number of nitrogens with zero attached hydrogens (tertiary/aromatic N) is 3. The van der Waals surface area contributed by atoms with Gasteiger partial charge in [0.2, 0.25) is 0 Å². The number of carbonyl (C=O) groups excluding carboxylic acids is 1. The van der Waals surface area contributed by atoms with Crippen molar-refractivity contribution in [2.75, 3.05) is 20.2 Å². The third-order valence-corrected chi connectivity index (χ3v) is 8.02. The van der Waals surface area contributed by atoms with Crippen molar-refractivity contribution in [2.45, 2.75) is 70.6 Å². The van der Waals surface area contributed by atoms with Crippen LogP contribution in [-0.4, -0.2) is 52.8 Å². The van der Waals surface area contributed by atoms with Crippen molar-refractivity contribution in [3.05, 3.63) is 53.2 Å². The highest BCUT2D eigenvalue weighted by atomic mass is 16.5. The summed E-state index contributed by atoms with van der Waals surface area (Å²) >= 11 is 0. The number of carbonyl (C=O) groups is 1. The third-order valence-electron chi connectivity index (χ3n) is 8.02. The Hall–Kier alpha value is -3.12. The lowest BCUT2D eigenvalue weighted by molar-refractivity contribution is -0.139. The summed E-state index contributed by atoms with van der Waals surface area (Å²) in [5.41, 5.74) is 6.56. The molecule has 36 heavy (non-hydrogen) atoms. The summed E-state index contributed by atoms with van der Waals surface area (Å²) in [4.78, 5) is 20.8. The topological polar surface area (TPSA) is 56.6 Å². The first-order valence-corrected chi connectivity index (χ1v) is 13.3. The minimum Gasteiger partial charge on any atom is -0.497 e. The summed E-state index contributed by atoms with van der Waals surface area (Å²) < 4.78 is 13.8. The summed E-state index contributed by atoms with van der Waals surface area (Å²) in [5, 5.41) is 1.23. The fourth-order valence-corrected chi connectivity index (χ4v) is 6.53. The molecule has 0 bridgehead atoms. The number of hydrogen-bond donors (Lipinski definition) is 0. The number of morpholine rings is 1. The number of aromatic nitrogens is 2. The Morgan fingerprint density at radius 2 is 1.86 bits per heavy atom. The first-order valence-electron chi connectivity index (χ1n) is 13.3. The third kappa shape index (κ3) is 4.01. The van der Waals surface area contributed by atoms with E-state index in [1.54, 1.807) is 7.11 Å². The van der Waals surface area contributed by atoms with Crippen molar-refractivity contribution < 1.29 is 14.3 Å². The predicted molar refractivity (Wildman–Crippen MR) is 142 cm³/mol. The van der Waals surface area contributed by atoms with Gasteiger partial charge in [0.05, 0.1) is 31.6 Å². The van der Waals surface area contributed by atoms with Crippen LogP contribution in [0.25, 0.3) is 28.4 Å². The lowest BCUT2D eigenvalue weighted by Crippen LogP contribution is -2.48. The number of fused-ring (bicyclic) bond motifs is 5. The second-order valence-electron chi connectivity index (χ2n) is 10.6. The molecule has 2 fully saturated rings. The van der Waals surface area contributed by atoms with Crippen molar-refractivity contribution in [3.8, 4) is 17.0 Å². The van der Waals surface area contributed by atoms with Gasteiger partial charge in [-0.25, -0.2) is 4.98 Å². The second kappa shape index (κ2) is 9.40. The fraction of sp³-hybridized carbons (Fsp3) is 0.467. The van der Waals surface area contributed by atoms with E-state index in [0.717, 1.165) is 28.1 Å². The lowest BCUT2D eigenvalue weighted by atomic mass is 9.81. The van der Waals surface area contributed by atoms with E-state index in [1.807, 2.05) is 37.1 Å². The smallest absolute Gasteiger partial charge is 0.251 e. The highest BCUT2D eigenvalue weighted by Gasteiger charge is 2.33. The molecule has 0 spiro atoms. The quantitative estimate of drug-likeness (QED) is 0.471. The predicted octanol–water partition coefficient (Wildman–Crippen LogP) is 5.79. The van der Waals surface area contributed by atoms with E-state index in [4.69, 9.17) is 14.5 Å². The van der Waals surface area contributed by atoms with E-state index in [-0.39, 0.29) is 18.1 Å². The maximum atomic E-state index is 14.0. The van der Waals surface area contributed by atoms with Crippen LogP contribution in [0.1, 0.15) is 63.0 Å². The summed E-state index contributed by atoms with van der Waals surface area (Å²) in [7, 11) is 1.69. The van der Waals surface area contributed by atoms with Crippen molar-refractivity contribution in [3.63, 3.8) is 0 Å².